The Morgan fingerprint density at radius 3 is 2.41 bits per heavy atom. The highest BCUT2D eigenvalue weighted by Crippen LogP contribution is 2.40. The molecule has 6 rings (SSSR count). The lowest BCUT2D eigenvalue weighted by atomic mass is 10.1. The number of nitrogens with zero attached hydrogens (tertiary/aromatic N) is 4. The van der Waals surface area contributed by atoms with Gasteiger partial charge in [-0.2, -0.15) is 0 Å². The normalized spacial score (nSPS) is 21.2. The van der Waals surface area contributed by atoms with Crippen LogP contribution in [-0.4, -0.2) is 51.8 Å². The second-order valence-electron chi connectivity index (χ2n) is 9.12. The Bertz CT molecular complexity index is 1270. The number of ether oxygens (including phenoxy) is 2. The molecule has 7 nitrogen and oxygen atoms in total. The Kier molecular flexibility index (Phi) is 5.65. The van der Waals surface area contributed by atoms with Gasteiger partial charge in [0.05, 0.1) is 18.6 Å². The number of hydrogen-bond acceptors (Lipinski definition) is 6. The number of para-hydroxylation sites is 1. The van der Waals surface area contributed by atoms with Crippen molar-refractivity contribution in [1.29, 1.82) is 0 Å². The summed E-state index contributed by atoms with van der Waals surface area (Å²) in [4.78, 5) is 11.5. The Labute approximate surface area is 199 Å². The van der Waals surface area contributed by atoms with E-state index in [1.165, 1.54) is 6.42 Å². The lowest BCUT2D eigenvalue weighted by molar-refractivity contribution is 0.0173. The Morgan fingerprint density at radius 1 is 0.882 bits per heavy atom. The first-order valence-corrected chi connectivity index (χ1v) is 12.0. The van der Waals surface area contributed by atoms with Crippen LogP contribution in [0.3, 0.4) is 0 Å². The predicted octanol–water partition coefficient (Wildman–Crippen LogP) is 4.90. The van der Waals surface area contributed by atoms with E-state index in [0.29, 0.717) is 17.9 Å². The number of aromatic nitrogens is 3. The average Bonchev–Trinajstić information content (AvgIpc) is 3.52. The molecule has 2 aromatic heterocycles. The van der Waals surface area contributed by atoms with E-state index in [0.717, 1.165) is 72.8 Å². The fourth-order valence-corrected chi connectivity index (χ4v) is 5.39. The van der Waals surface area contributed by atoms with Crippen molar-refractivity contribution in [1.82, 2.24) is 19.4 Å². The summed E-state index contributed by atoms with van der Waals surface area (Å²) in [6.45, 7) is 3.74. The van der Waals surface area contributed by atoms with E-state index < -0.39 is 0 Å². The topological polar surface area (TPSA) is 78.4 Å². The molecule has 0 amide bonds. The molecule has 2 aliphatic rings. The lowest BCUT2D eigenvalue weighted by Gasteiger charge is -2.32. The Balaban J connectivity index is 1.30. The number of anilines is 1. The molecule has 1 aliphatic carbocycles. The van der Waals surface area contributed by atoms with Crippen LogP contribution in [0.4, 0.5) is 5.82 Å². The molecule has 174 valence electrons. The number of morpholine rings is 1. The molecular weight excluding hydrogens is 426 g/mol. The highest BCUT2D eigenvalue weighted by atomic mass is 16.5. The van der Waals surface area contributed by atoms with Crippen LogP contribution >= 0.6 is 0 Å². The molecule has 0 spiro atoms. The zero-order valence-electron chi connectivity index (χ0n) is 19.1. The van der Waals surface area contributed by atoms with E-state index in [9.17, 15) is 0 Å². The Morgan fingerprint density at radius 2 is 1.62 bits per heavy atom. The van der Waals surface area contributed by atoms with Crippen LogP contribution in [-0.2, 0) is 4.74 Å². The first-order valence-electron chi connectivity index (χ1n) is 12.0. The molecule has 2 aromatic carbocycles. The molecule has 2 fully saturated rings. The van der Waals surface area contributed by atoms with E-state index in [2.05, 4.69) is 37.8 Å². The summed E-state index contributed by atoms with van der Waals surface area (Å²) in [5.41, 5.74) is 9.43. The van der Waals surface area contributed by atoms with Gasteiger partial charge in [0.2, 0.25) is 0 Å². The molecule has 34 heavy (non-hydrogen) atoms. The van der Waals surface area contributed by atoms with Gasteiger partial charge in [0.25, 0.3) is 0 Å². The monoisotopic (exact) mass is 455 g/mol. The molecule has 0 unspecified atom stereocenters. The minimum absolute atomic E-state index is 0.402. The second kappa shape index (κ2) is 9.08. The number of fused-ring (bicyclic) bond motifs is 1. The summed E-state index contributed by atoms with van der Waals surface area (Å²) in [5, 5.41) is 0.925. The summed E-state index contributed by atoms with van der Waals surface area (Å²) in [7, 11) is 0. The molecule has 1 aliphatic heterocycles. The number of rotatable bonds is 5. The number of benzene rings is 2. The Hall–Kier alpha value is -3.42. The third kappa shape index (κ3) is 4.02. The van der Waals surface area contributed by atoms with Gasteiger partial charge in [-0.15, -0.1) is 0 Å². The maximum Gasteiger partial charge on any atom is 0.146 e. The van der Waals surface area contributed by atoms with E-state index in [4.69, 9.17) is 15.2 Å². The zero-order valence-corrected chi connectivity index (χ0v) is 19.1. The number of nitrogen functional groups attached to an aromatic ring is 1. The average molecular weight is 456 g/mol. The molecule has 1 saturated heterocycles. The summed E-state index contributed by atoms with van der Waals surface area (Å²) >= 11 is 0. The molecule has 2 N–H and O–H groups in total. The highest BCUT2D eigenvalue weighted by Gasteiger charge is 2.32. The van der Waals surface area contributed by atoms with Crippen LogP contribution in [0, 0.1) is 0 Å². The van der Waals surface area contributed by atoms with Crippen LogP contribution in [0.1, 0.15) is 25.3 Å². The molecule has 7 heteroatoms. The van der Waals surface area contributed by atoms with Crippen molar-refractivity contribution in [2.75, 3.05) is 32.0 Å². The van der Waals surface area contributed by atoms with Gasteiger partial charge in [0, 0.05) is 36.9 Å². The third-order valence-electron chi connectivity index (χ3n) is 7.12. The van der Waals surface area contributed by atoms with Crippen molar-refractivity contribution < 1.29 is 9.47 Å². The van der Waals surface area contributed by atoms with E-state index >= 15 is 0 Å². The van der Waals surface area contributed by atoms with E-state index in [1.807, 2.05) is 42.5 Å². The fourth-order valence-electron chi connectivity index (χ4n) is 5.39. The fraction of sp³-hybridized carbons (Fsp3) is 0.333. The standard InChI is InChI=1S/C27H29N5O2/c28-26-25-24(19-6-10-23(11-7-19)34-22-4-2-1-3-5-22)17-32(27(25)30-18-29-26)21-9-8-20(16-21)31-12-14-33-15-13-31/h1-7,10-11,17-18,20-21H,8-9,12-16H2,(H2,28,29,30)/t20-,21+/m1/s1. The van der Waals surface area contributed by atoms with Crippen molar-refractivity contribution in [3.05, 3.63) is 67.1 Å². The summed E-state index contributed by atoms with van der Waals surface area (Å²) in [6, 6.07) is 19.0. The quantitative estimate of drug-likeness (QED) is 0.461. The third-order valence-corrected chi connectivity index (χ3v) is 7.12. The van der Waals surface area contributed by atoms with Crippen LogP contribution < -0.4 is 10.5 Å². The van der Waals surface area contributed by atoms with Gasteiger partial charge in [-0.1, -0.05) is 30.3 Å². The van der Waals surface area contributed by atoms with Gasteiger partial charge in [-0.3, -0.25) is 4.90 Å². The molecule has 4 aromatic rings. The van der Waals surface area contributed by atoms with E-state index in [-0.39, 0.29) is 0 Å². The summed E-state index contributed by atoms with van der Waals surface area (Å²) in [5.74, 6) is 2.14. The van der Waals surface area contributed by atoms with Gasteiger partial charge in [0.1, 0.15) is 29.3 Å². The second-order valence-corrected chi connectivity index (χ2v) is 9.12. The van der Waals surface area contributed by atoms with Crippen LogP contribution in [0.15, 0.2) is 67.1 Å². The van der Waals surface area contributed by atoms with E-state index in [1.54, 1.807) is 6.33 Å². The van der Waals surface area contributed by atoms with Gasteiger partial charge in [0.15, 0.2) is 0 Å². The molecular formula is C27H29N5O2. The van der Waals surface area contributed by atoms with Crippen molar-refractivity contribution in [3.8, 4) is 22.6 Å². The highest BCUT2D eigenvalue weighted by molar-refractivity contribution is 6.00. The van der Waals surface area contributed by atoms with Crippen LogP contribution in [0.5, 0.6) is 11.5 Å². The van der Waals surface area contributed by atoms with Crippen molar-refractivity contribution in [3.63, 3.8) is 0 Å². The van der Waals surface area contributed by atoms with Gasteiger partial charge >= 0.3 is 0 Å². The van der Waals surface area contributed by atoms with Gasteiger partial charge < -0.3 is 19.8 Å². The first kappa shape index (κ1) is 21.1. The maximum atomic E-state index is 6.37. The molecule has 1 saturated carbocycles. The summed E-state index contributed by atoms with van der Waals surface area (Å²) in [6.07, 6.45) is 7.25. The van der Waals surface area contributed by atoms with Crippen molar-refractivity contribution in [2.24, 2.45) is 0 Å². The molecule has 0 radical (unpaired) electrons. The SMILES string of the molecule is Nc1ncnc2c1c(-c1ccc(Oc3ccccc3)cc1)cn2[C@H]1CC[C@@H](N2CCOCC2)C1. The van der Waals surface area contributed by atoms with Crippen LogP contribution in [0.25, 0.3) is 22.2 Å². The maximum absolute atomic E-state index is 6.37. The first-order chi connectivity index (χ1) is 16.8. The largest absolute Gasteiger partial charge is 0.457 e. The molecule has 3 heterocycles. The van der Waals surface area contributed by atoms with Crippen LogP contribution in [0.2, 0.25) is 0 Å². The van der Waals surface area contributed by atoms with Gasteiger partial charge in [-0.25, -0.2) is 9.97 Å². The molecule has 0 bridgehead atoms. The molecule has 2 atom stereocenters. The lowest BCUT2D eigenvalue weighted by Crippen LogP contribution is -2.42. The minimum atomic E-state index is 0.402. The van der Waals surface area contributed by atoms with Gasteiger partial charge in [-0.05, 0) is 49.1 Å². The smallest absolute Gasteiger partial charge is 0.146 e. The summed E-state index contributed by atoms with van der Waals surface area (Å²) < 4.78 is 13.8. The predicted molar refractivity (Wildman–Crippen MR) is 133 cm³/mol. The zero-order chi connectivity index (χ0) is 22.9. The minimum Gasteiger partial charge on any atom is -0.457 e. The van der Waals surface area contributed by atoms with Crippen molar-refractivity contribution >= 4 is 16.9 Å². The number of nitrogens with two attached hydrogens (primary N) is 1. The van der Waals surface area contributed by atoms with Crippen molar-refractivity contribution in [2.45, 2.75) is 31.3 Å². The number of hydrogen-bond donors (Lipinski definition) is 1.